The van der Waals surface area contributed by atoms with Crippen LogP contribution in [0.15, 0.2) is 24.3 Å². The molecule has 1 aliphatic heterocycles. The van der Waals surface area contributed by atoms with Crippen molar-refractivity contribution in [3.8, 4) is 10.6 Å². The highest BCUT2D eigenvalue weighted by atomic mass is 32.1. The minimum atomic E-state index is 0.160. The number of carbonyl (C=O) groups excluding carboxylic acids is 1. The van der Waals surface area contributed by atoms with Crippen molar-refractivity contribution in [2.45, 2.75) is 58.4 Å². The molecule has 0 bridgehead atoms. The van der Waals surface area contributed by atoms with Crippen molar-refractivity contribution in [3.63, 3.8) is 0 Å². The molecule has 0 unspecified atom stereocenters. The fourth-order valence-electron chi connectivity index (χ4n) is 4.45. The van der Waals surface area contributed by atoms with Gasteiger partial charge in [-0.3, -0.25) is 9.69 Å². The zero-order chi connectivity index (χ0) is 19.7. The van der Waals surface area contributed by atoms with Gasteiger partial charge in [0.2, 0.25) is 0 Å². The van der Waals surface area contributed by atoms with Crippen molar-refractivity contribution < 1.29 is 4.79 Å². The van der Waals surface area contributed by atoms with Gasteiger partial charge in [-0.15, -0.1) is 11.3 Å². The van der Waals surface area contributed by atoms with Crippen molar-refractivity contribution in [2.24, 2.45) is 0 Å². The Kier molecular flexibility index (Phi) is 5.83. The Labute approximate surface area is 172 Å². The van der Waals surface area contributed by atoms with Crippen LogP contribution in [-0.2, 0) is 0 Å². The summed E-state index contributed by atoms with van der Waals surface area (Å²) in [4.78, 5) is 23.3. The number of aromatic nitrogens is 1. The lowest BCUT2D eigenvalue weighted by molar-refractivity contribution is 0.0577. The van der Waals surface area contributed by atoms with Crippen LogP contribution in [0, 0.1) is 6.92 Å². The average Bonchev–Trinajstić information content (AvgIpc) is 3.38. The van der Waals surface area contributed by atoms with Crippen molar-refractivity contribution in [2.75, 3.05) is 26.2 Å². The lowest BCUT2D eigenvalue weighted by Crippen LogP contribution is -2.51. The molecular formula is C23H31N3OS. The van der Waals surface area contributed by atoms with Gasteiger partial charge in [-0.2, -0.15) is 0 Å². The Hall–Kier alpha value is -1.72. The Morgan fingerprint density at radius 1 is 1.14 bits per heavy atom. The zero-order valence-electron chi connectivity index (χ0n) is 17.3. The number of carbonyl (C=O) groups is 1. The normalized spacial score (nSPS) is 18.9. The van der Waals surface area contributed by atoms with Crippen LogP contribution < -0.4 is 0 Å². The van der Waals surface area contributed by atoms with Crippen LogP contribution in [-0.4, -0.2) is 52.9 Å². The highest BCUT2D eigenvalue weighted by Gasteiger charge is 2.29. The van der Waals surface area contributed by atoms with E-state index < -0.39 is 0 Å². The van der Waals surface area contributed by atoms with E-state index in [1.807, 2.05) is 11.8 Å². The summed E-state index contributed by atoms with van der Waals surface area (Å²) in [6.45, 7) is 10.1. The Morgan fingerprint density at radius 2 is 1.86 bits per heavy atom. The first kappa shape index (κ1) is 19.6. The van der Waals surface area contributed by atoms with Crippen LogP contribution in [0.25, 0.3) is 10.6 Å². The van der Waals surface area contributed by atoms with E-state index in [2.05, 4.69) is 43.0 Å². The number of benzene rings is 1. The van der Waals surface area contributed by atoms with Gasteiger partial charge in [0.05, 0.1) is 5.69 Å². The maximum atomic E-state index is 13.1. The molecule has 2 aromatic rings. The number of hydrogen-bond acceptors (Lipinski definition) is 4. The third-order valence-corrected chi connectivity index (χ3v) is 7.43. The highest BCUT2D eigenvalue weighted by molar-refractivity contribution is 7.17. The van der Waals surface area contributed by atoms with Crippen molar-refractivity contribution in [3.05, 3.63) is 40.4 Å². The van der Waals surface area contributed by atoms with E-state index in [0.717, 1.165) is 53.4 Å². The lowest BCUT2D eigenvalue weighted by Gasteiger charge is -2.37. The fourth-order valence-corrected chi connectivity index (χ4v) is 5.48. The summed E-state index contributed by atoms with van der Waals surface area (Å²) in [5, 5.41) is 0.952. The van der Waals surface area contributed by atoms with E-state index in [1.54, 1.807) is 11.3 Å². The molecule has 4 rings (SSSR count). The number of aryl methyl sites for hydroxylation is 1. The first-order chi connectivity index (χ1) is 13.5. The van der Waals surface area contributed by atoms with E-state index in [9.17, 15) is 4.79 Å². The van der Waals surface area contributed by atoms with Crippen molar-refractivity contribution in [1.29, 1.82) is 0 Å². The van der Waals surface area contributed by atoms with Gasteiger partial charge >= 0.3 is 0 Å². The van der Waals surface area contributed by atoms with Crippen LogP contribution in [0.1, 0.15) is 66.4 Å². The first-order valence-electron chi connectivity index (χ1n) is 10.6. The third kappa shape index (κ3) is 4.01. The Morgan fingerprint density at radius 3 is 2.54 bits per heavy atom. The third-order valence-electron chi connectivity index (χ3n) is 6.23. The number of thiazole rings is 1. The SMILES string of the molecule is Cc1nc(-c2cccc(C(C)C)c2)sc1C(=O)N1CCN(C2CCCC2)CC1. The molecule has 0 spiro atoms. The molecule has 150 valence electrons. The Balaban J connectivity index is 1.46. The summed E-state index contributed by atoms with van der Waals surface area (Å²) in [6, 6.07) is 9.30. The molecule has 1 saturated heterocycles. The molecule has 1 aliphatic carbocycles. The second-order valence-corrected chi connectivity index (χ2v) is 9.48. The molecule has 0 atom stereocenters. The van der Waals surface area contributed by atoms with Crippen LogP contribution >= 0.6 is 11.3 Å². The van der Waals surface area contributed by atoms with Gasteiger partial charge in [-0.25, -0.2) is 4.98 Å². The van der Waals surface area contributed by atoms with E-state index in [4.69, 9.17) is 4.98 Å². The molecular weight excluding hydrogens is 366 g/mol. The van der Waals surface area contributed by atoms with Gasteiger partial charge in [0.25, 0.3) is 5.91 Å². The predicted octanol–water partition coefficient (Wildman–Crippen LogP) is 4.94. The van der Waals surface area contributed by atoms with E-state index in [1.165, 1.54) is 31.2 Å². The van der Waals surface area contributed by atoms with E-state index in [-0.39, 0.29) is 5.91 Å². The minimum absolute atomic E-state index is 0.160. The van der Waals surface area contributed by atoms with Gasteiger partial charge in [-0.1, -0.05) is 44.9 Å². The molecule has 1 amide bonds. The van der Waals surface area contributed by atoms with Gasteiger partial charge in [-0.05, 0) is 37.3 Å². The molecule has 1 aromatic carbocycles. The quantitative estimate of drug-likeness (QED) is 0.733. The lowest BCUT2D eigenvalue weighted by atomic mass is 10.0. The summed E-state index contributed by atoms with van der Waals surface area (Å²) < 4.78 is 0. The number of amides is 1. The minimum Gasteiger partial charge on any atom is -0.335 e. The zero-order valence-corrected chi connectivity index (χ0v) is 18.1. The predicted molar refractivity (Wildman–Crippen MR) is 116 cm³/mol. The second kappa shape index (κ2) is 8.34. The molecule has 1 aromatic heterocycles. The number of piperazine rings is 1. The van der Waals surface area contributed by atoms with E-state index in [0.29, 0.717) is 5.92 Å². The molecule has 2 heterocycles. The molecule has 5 heteroatoms. The summed E-state index contributed by atoms with van der Waals surface area (Å²) >= 11 is 1.54. The Bertz CT molecular complexity index is 830. The van der Waals surface area contributed by atoms with E-state index >= 15 is 0 Å². The largest absolute Gasteiger partial charge is 0.335 e. The number of nitrogens with zero attached hydrogens (tertiary/aromatic N) is 3. The smallest absolute Gasteiger partial charge is 0.265 e. The van der Waals surface area contributed by atoms with Crippen molar-refractivity contribution in [1.82, 2.24) is 14.8 Å². The summed E-state index contributed by atoms with van der Waals surface area (Å²) in [7, 11) is 0. The number of hydrogen-bond donors (Lipinski definition) is 0. The van der Waals surface area contributed by atoms with Crippen LogP contribution in [0.4, 0.5) is 0 Å². The second-order valence-electron chi connectivity index (χ2n) is 8.48. The maximum absolute atomic E-state index is 13.1. The monoisotopic (exact) mass is 397 g/mol. The molecule has 2 fully saturated rings. The summed E-state index contributed by atoms with van der Waals surface area (Å²) in [5.74, 6) is 0.644. The summed E-state index contributed by atoms with van der Waals surface area (Å²) in [6.07, 6.45) is 5.40. The molecule has 28 heavy (non-hydrogen) atoms. The van der Waals surface area contributed by atoms with Gasteiger partial charge in [0, 0.05) is 37.8 Å². The maximum Gasteiger partial charge on any atom is 0.265 e. The fraction of sp³-hybridized carbons (Fsp3) is 0.565. The topological polar surface area (TPSA) is 36.4 Å². The molecule has 0 N–H and O–H groups in total. The molecule has 0 radical (unpaired) electrons. The molecule has 1 saturated carbocycles. The van der Waals surface area contributed by atoms with Crippen LogP contribution in [0.2, 0.25) is 0 Å². The molecule has 4 nitrogen and oxygen atoms in total. The number of rotatable bonds is 4. The molecule has 2 aliphatic rings. The van der Waals surface area contributed by atoms with Gasteiger partial charge in [0.1, 0.15) is 9.88 Å². The highest BCUT2D eigenvalue weighted by Crippen LogP contribution is 2.31. The first-order valence-corrected chi connectivity index (χ1v) is 11.5. The van der Waals surface area contributed by atoms with Gasteiger partial charge in [0.15, 0.2) is 0 Å². The van der Waals surface area contributed by atoms with Gasteiger partial charge < -0.3 is 4.90 Å². The standard InChI is InChI=1S/C23H31N3OS/c1-16(2)18-7-6-8-19(15-18)22-24-17(3)21(28-22)23(27)26-13-11-25(12-14-26)20-9-4-5-10-20/h6-8,15-16,20H,4-5,9-14H2,1-3H3. The van der Waals surface area contributed by atoms with Crippen LogP contribution in [0.5, 0.6) is 0 Å². The average molecular weight is 398 g/mol. The van der Waals surface area contributed by atoms with Crippen molar-refractivity contribution >= 4 is 17.2 Å². The summed E-state index contributed by atoms with van der Waals surface area (Å²) in [5.41, 5.74) is 3.28. The van der Waals surface area contributed by atoms with Crippen LogP contribution in [0.3, 0.4) is 0 Å².